The van der Waals surface area contributed by atoms with Crippen LogP contribution in [0.15, 0.2) is 0 Å². The van der Waals surface area contributed by atoms with E-state index >= 15 is 0 Å². The molecule has 2 rings (SSSR count). The minimum Gasteiger partial charge on any atom is -0.390 e. The first-order valence-corrected chi connectivity index (χ1v) is 7.60. The van der Waals surface area contributed by atoms with Crippen molar-refractivity contribution in [3.63, 3.8) is 0 Å². The number of carbonyl (C=O) groups is 1. The number of nitrogens with zero attached hydrogens (tertiary/aromatic N) is 3. The van der Waals surface area contributed by atoms with Gasteiger partial charge in [-0.25, -0.2) is 0 Å². The van der Waals surface area contributed by atoms with Crippen LogP contribution in [0.4, 0.5) is 0 Å². The van der Waals surface area contributed by atoms with Crippen LogP contribution in [-0.2, 0) is 4.79 Å². The maximum absolute atomic E-state index is 11.7. The van der Waals surface area contributed by atoms with Crippen molar-refractivity contribution >= 4 is 5.91 Å². The van der Waals surface area contributed by atoms with E-state index in [2.05, 4.69) is 22.2 Å². The molecule has 1 aliphatic carbocycles. The molecule has 0 aromatic carbocycles. The zero-order valence-corrected chi connectivity index (χ0v) is 12.7. The predicted molar refractivity (Wildman–Crippen MR) is 78.6 cm³/mol. The lowest BCUT2D eigenvalue weighted by molar-refractivity contribution is -0.122. The maximum Gasteiger partial charge on any atom is 0.234 e. The molecule has 0 bridgehead atoms. The fraction of sp³-hybridized carbons (Fsp3) is 0.929. The van der Waals surface area contributed by atoms with E-state index in [4.69, 9.17) is 0 Å². The highest BCUT2D eigenvalue weighted by atomic mass is 16.3. The van der Waals surface area contributed by atoms with E-state index in [1.54, 1.807) is 0 Å². The van der Waals surface area contributed by atoms with Gasteiger partial charge < -0.3 is 15.3 Å². The van der Waals surface area contributed by atoms with Gasteiger partial charge in [0.2, 0.25) is 5.91 Å². The highest BCUT2D eigenvalue weighted by Gasteiger charge is 2.24. The predicted octanol–water partition coefficient (Wildman–Crippen LogP) is -1.19. The van der Waals surface area contributed by atoms with Gasteiger partial charge in [0.05, 0.1) is 12.6 Å². The topological polar surface area (TPSA) is 59.1 Å². The second-order valence-corrected chi connectivity index (χ2v) is 6.30. The van der Waals surface area contributed by atoms with Crippen LogP contribution in [0.5, 0.6) is 0 Å². The second kappa shape index (κ2) is 7.36. The minimum absolute atomic E-state index is 0.0711. The first kappa shape index (κ1) is 15.7. The fourth-order valence-corrected chi connectivity index (χ4v) is 2.56. The summed E-state index contributed by atoms with van der Waals surface area (Å²) in [5.41, 5.74) is 0. The Morgan fingerprint density at radius 1 is 1.35 bits per heavy atom. The minimum atomic E-state index is -0.392. The summed E-state index contributed by atoms with van der Waals surface area (Å²) in [6.45, 7) is 5.76. The zero-order valence-electron chi connectivity index (χ0n) is 12.7. The van der Waals surface area contributed by atoms with Gasteiger partial charge in [0.15, 0.2) is 0 Å². The number of likely N-dealkylation sites (N-methyl/N-ethyl adjacent to an activating group) is 2. The van der Waals surface area contributed by atoms with Crippen LogP contribution in [0.2, 0.25) is 0 Å². The molecule has 1 heterocycles. The average molecular weight is 284 g/mol. The van der Waals surface area contributed by atoms with Crippen molar-refractivity contribution in [2.24, 2.45) is 0 Å². The van der Waals surface area contributed by atoms with Gasteiger partial charge in [-0.1, -0.05) is 0 Å². The third-order valence-corrected chi connectivity index (χ3v) is 3.94. The molecule has 1 atom stereocenters. The van der Waals surface area contributed by atoms with Crippen molar-refractivity contribution in [1.29, 1.82) is 0 Å². The van der Waals surface area contributed by atoms with Crippen LogP contribution in [0.1, 0.15) is 12.8 Å². The number of carbonyl (C=O) groups excluding carboxylic acids is 1. The molecule has 1 amide bonds. The second-order valence-electron chi connectivity index (χ2n) is 6.30. The van der Waals surface area contributed by atoms with Gasteiger partial charge in [0, 0.05) is 45.3 Å². The van der Waals surface area contributed by atoms with E-state index in [-0.39, 0.29) is 5.91 Å². The Balaban J connectivity index is 1.60. The summed E-state index contributed by atoms with van der Waals surface area (Å²) in [4.78, 5) is 18.2. The number of nitrogens with one attached hydrogen (secondary N) is 1. The Labute approximate surface area is 121 Å². The summed E-state index contributed by atoms with van der Waals surface area (Å²) >= 11 is 0. The van der Waals surface area contributed by atoms with Gasteiger partial charge in [-0.2, -0.15) is 0 Å². The molecule has 6 nitrogen and oxygen atoms in total. The van der Waals surface area contributed by atoms with Crippen molar-refractivity contribution in [3.05, 3.63) is 0 Å². The summed E-state index contributed by atoms with van der Waals surface area (Å²) in [5.74, 6) is 0.0711. The lowest BCUT2D eigenvalue weighted by Crippen LogP contribution is -2.49. The number of hydrogen-bond acceptors (Lipinski definition) is 5. The standard InChI is InChI=1S/C14H28N4O2/c1-16-5-7-18(8-6-16)10-13(19)9-17(2)11-14(20)15-12-3-4-12/h12-13,19H,3-11H2,1-2H3,(H,15,20). The first-order chi connectivity index (χ1) is 9.52. The number of aliphatic hydroxyl groups excluding tert-OH is 1. The van der Waals surface area contributed by atoms with E-state index in [0.717, 1.165) is 39.0 Å². The largest absolute Gasteiger partial charge is 0.390 e. The molecule has 0 aromatic heterocycles. The normalized spacial score (nSPS) is 23.0. The third kappa shape index (κ3) is 5.75. The molecule has 6 heteroatoms. The van der Waals surface area contributed by atoms with Crippen LogP contribution in [-0.4, -0.2) is 97.8 Å². The van der Waals surface area contributed by atoms with Gasteiger partial charge in [-0.15, -0.1) is 0 Å². The molecule has 116 valence electrons. The van der Waals surface area contributed by atoms with E-state index in [1.165, 1.54) is 0 Å². The van der Waals surface area contributed by atoms with Gasteiger partial charge in [-0.05, 0) is 26.9 Å². The number of hydrogen-bond donors (Lipinski definition) is 2. The summed E-state index contributed by atoms with van der Waals surface area (Å²) in [6.07, 6.45) is 1.83. The SMILES string of the molecule is CN1CCN(CC(O)CN(C)CC(=O)NC2CC2)CC1. The number of amides is 1. The van der Waals surface area contributed by atoms with Gasteiger partial charge in [0.25, 0.3) is 0 Å². The monoisotopic (exact) mass is 284 g/mol. The van der Waals surface area contributed by atoms with Gasteiger partial charge >= 0.3 is 0 Å². The summed E-state index contributed by atoms with van der Waals surface area (Å²) < 4.78 is 0. The van der Waals surface area contributed by atoms with Crippen LogP contribution in [0, 0.1) is 0 Å². The smallest absolute Gasteiger partial charge is 0.234 e. The molecule has 1 aliphatic heterocycles. The third-order valence-electron chi connectivity index (χ3n) is 3.94. The Kier molecular flexibility index (Phi) is 5.77. The summed E-state index contributed by atoms with van der Waals surface area (Å²) in [6, 6.07) is 0.408. The Hall–Kier alpha value is -0.690. The van der Waals surface area contributed by atoms with Crippen LogP contribution in [0.25, 0.3) is 0 Å². The van der Waals surface area contributed by atoms with Crippen molar-refractivity contribution in [2.45, 2.75) is 25.0 Å². The van der Waals surface area contributed by atoms with E-state index in [1.807, 2.05) is 11.9 Å². The quantitative estimate of drug-likeness (QED) is 0.615. The van der Waals surface area contributed by atoms with Crippen LogP contribution < -0.4 is 5.32 Å². The average Bonchev–Trinajstić information content (AvgIpc) is 3.15. The molecule has 0 radical (unpaired) electrons. The maximum atomic E-state index is 11.7. The van der Waals surface area contributed by atoms with E-state index in [0.29, 0.717) is 25.7 Å². The molecule has 0 spiro atoms. The Morgan fingerprint density at radius 2 is 2.00 bits per heavy atom. The molecule has 2 fully saturated rings. The molecule has 1 saturated heterocycles. The van der Waals surface area contributed by atoms with Crippen molar-refractivity contribution in [3.8, 4) is 0 Å². The molecule has 2 N–H and O–H groups in total. The first-order valence-electron chi connectivity index (χ1n) is 7.60. The zero-order chi connectivity index (χ0) is 14.5. The van der Waals surface area contributed by atoms with Crippen molar-refractivity contribution < 1.29 is 9.90 Å². The summed E-state index contributed by atoms with van der Waals surface area (Å²) in [5, 5.41) is 13.1. The highest BCUT2D eigenvalue weighted by Crippen LogP contribution is 2.18. The molecule has 1 saturated carbocycles. The Bertz CT molecular complexity index is 314. The van der Waals surface area contributed by atoms with E-state index in [9.17, 15) is 9.90 Å². The van der Waals surface area contributed by atoms with Gasteiger partial charge in [0.1, 0.15) is 0 Å². The number of β-amino-alcohol motifs (C(OH)–C–C–N with tert-alkyl or cyclic N) is 1. The number of aliphatic hydroxyl groups is 1. The van der Waals surface area contributed by atoms with E-state index < -0.39 is 6.10 Å². The molecule has 20 heavy (non-hydrogen) atoms. The number of piperazine rings is 1. The highest BCUT2D eigenvalue weighted by molar-refractivity contribution is 5.78. The molecule has 0 aromatic rings. The van der Waals surface area contributed by atoms with Crippen LogP contribution in [0.3, 0.4) is 0 Å². The lowest BCUT2D eigenvalue weighted by atomic mass is 10.2. The molecular formula is C14H28N4O2. The summed E-state index contributed by atoms with van der Waals surface area (Å²) in [7, 11) is 4.01. The number of rotatable bonds is 7. The van der Waals surface area contributed by atoms with Crippen molar-refractivity contribution in [2.75, 3.05) is 59.9 Å². The fourth-order valence-electron chi connectivity index (χ4n) is 2.56. The molecule has 2 aliphatic rings. The molecular weight excluding hydrogens is 256 g/mol. The van der Waals surface area contributed by atoms with Crippen molar-refractivity contribution in [1.82, 2.24) is 20.0 Å². The van der Waals surface area contributed by atoms with Gasteiger partial charge in [-0.3, -0.25) is 14.6 Å². The van der Waals surface area contributed by atoms with Crippen LogP contribution >= 0.6 is 0 Å². The molecule has 1 unspecified atom stereocenters. The Morgan fingerprint density at radius 3 is 2.60 bits per heavy atom. The lowest BCUT2D eigenvalue weighted by Gasteiger charge is -2.34.